The van der Waals surface area contributed by atoms with Gasteiger partial charge in [0.05, 0.1) is 24.6 Å². The third-order valence-corrected chi connectivity index (χ3v) is 6.90. The number of hydrogen-bond acceptors (Lipinski definition) is 5. The van der Waals surface area contributed by atoms with Gasteiger partial charge in [-0.3, -0.25) is 14.7 Å². The molecule has 1 aromatic carbocycles. The number of nitrogens with one attached hydrogen (secondary N) is 1. The van der Waals surface area contributed by atoms with E-state index in [0.717, 1.165) is 93.3 Å². The average Bonchev–Trinajstić information content (AvgIpc) is 3.34. The largest absolute Gasteiger partial charge is 0.384 e. The van der Waals surface area contributed by atoms with Gasteiger partial charge in [0.15, 0.2) is 0 Å². The van der Waals surface area contributed by atoms with Crippen molar-refractivity contribution in [2.75, 3.05) is 51.3 Å². The van der Waals surface area contributed by atoms with Gasteiger partial charge in [-0.05, 0) is 37.5 Å². The number of carbonyl (C=O) groups is 1. The van der Waals surface area contributed by atoms with E-state index >= 15 is 0 Å². The number of aromatic nitrogens is 1. The number of hydrogen-bond donors (Lipinski definition) is 1. The number of pyridine rings is 1. The van der Waals surface area contributed by atoms with Gasteiger partial charge in [-0.15, -0.1) is 12.4 Å². The van der Waals surface area contributed by atoms with E-state index in [1.807, 2.05) is 23.2 Å². The molecule has 176 valence electrons. The van der Waals surface area contributed by atoms with Crippen molar-refractivity contribution in [2.24, 2.45) is 0 Å². The molecule has 1 aliphatic carbocycles. The Morgan fingerprint density at radius 1 is 1.12 bits per heavy atom. The highest BCUT2D eigenvalue weighted by Crippen LogP contribution is 2.35. The summed E-state index contributed by atoms with van der Waals surface area (Å²) >= 11 is 0. The lowest BCUT2D eigenvalue weighted by molar-refractivity contribution is 0.00159. The van der Waals surface area contributed by atoms with Gasteiger partial charge in [0.1, 0.15) is 0 Å². The van der Waals surface area contributed by atoms with E-state index in [1.54, 1.807) is 0 Å². The van der Waals surface area contributed by atoms with Gasteiger partial charge in [-0.1, -0.05) is 24.3 Å². The molecule has 3 heterocycles. The molecule has 0 bridgehead atoms. The Morgan fingerprint density at radius 3 is 2.55 bits per heavy atom. The maximum atomic E-state index is 13.1. The van der Waals surface area contributed by atoms with Crippen molar-refractivity contribution < 1.29 is 9.53 Å². The Morgan fingerprint density at radius 2 is 1.85 bits per heavy atom. The molecule has 2 fully saturated rings. The molecular formula is C26H33ClN4O2. The number of morpholine rings is 1. The number of benzene rings is 1. The number of piperidine rings is 1. The average molecular weight is 469 g/mol. The van der Waals surface area contributed by atoms with E-state index in [9.17, 15) is 4.79 Å². The first-order valence-corrected chi connectivity index (χ1v) is 11.9. The topological polar surface area (TPSA) is 57.7 Å². The zero-order chi connectivity index (χ0) is 21.9. The predicted molar refractivity (Wildman–Crippen MR) is 135 cm³/mol. The summed E-state index contributed by atoms with van der Waals surface area (Å²) < 4.78 is 5.47. The maximum absolute atomic E-state index is 13.1. The number of likely N-dealkylation sites (tertiary alicyclic amines) is 1. The fraction of sp³-hybridized carbons (Fsp3) is 0.462. The fourth-order valence-electron chi connectivity index (χ4n) is 5.13. The summed E-state index contributed by atoms with van der Waals surface area (Å²) in [6, 6.07) is 8.61. The Balaban J connectivity index is 0.00000259. The third-order valence-electron chi connectivity index (χ3n) is 6.90. The molecule has 1 amide bonds. The number of amides is 1. The van der Waals surface area contributed by atoms with E-state index in [1.165, 1.54) is 5.56 Å². The van der Waals surface area contributed by atoms with Gasteiger partial charge in [0, 0.05) is 68.1 Å². The van der Waals surface area contributed by atoms with E-state index in [4.69, 9.17) is 4.74 Å². The van der Waals surface area contributed by atoms with Crippen molar-refractivity contribution in [1.82, 2.24) is 14.8 Å². The molecular weight excluding hydrogens is 436 g/mol. The highest BCUT2D eigenvalue weighted by Gasteiger charge is 2.28. The number of nitrogens with zero attached hydrogens (tertiary/aromatic N) is 3. The molecule has 0 atom stereocenters. The zero-order valence-electron chi connectivity index (χ0n) is 19.3. The standard InChI is InChI=1S/C26H32N4O2.ClH/c1-2-27-25-22-4-3-5-24(22)28-18-23(25)19-6-8-20(9-7-19)26(31)30-12-10-21(11-13-30)29-14-16-32-17-15-29;/h3-4,6-9,18,21H,2,5,10-17H2,1H3,(H,27,28);1H. The van der Waals surface area contributed by atoms with Gasteiger partial charge in [0.2, 0.25) is 0 Å². The molecule has 0 saturated carbocycles. The second-order valence-electron chi connectivity index (χ2n) is 8.79. The number of fused-ring (bicyclic) bond motifs is 1. The molecule has 1 aromatic heterocycles. The van der Waals surface area contributed by atoms with Gasteiger partial charge < -0.3 is 15.0 Å². The van der Waals surface area contributed by atoms with Gasteiger partial charge in [-0.2, -0.15) is 0 Å². The lowest BCUT2D eigenvalue weighted by atomic mass is 9.99. The molecule has 0 radical (unpaired) electrons. The Kier molecular flexibility index (Phi) is 7.68. The molecule has 7 heteroatoms. The molecule has 0 spiro atoms. The number of anilines is 1. The van der Waals surface area contributed by atoms with Crippen LogP contribution < -0.4 is 5.32 Å². The highest BCUT2D eigenvalue weighted by molar-refractivity contribution is 5.95. The minimum absolute atomic E-state index is 0. The smallest absolute Gasteiger partial charge is 0.253 e. The first-order chi connectivity index (χ1) is 15.7. The fourth-order valence-corrected chi connectivity index (χ4v) is 5.13. The molecule has 0 unspecified atom stereocenters. The van der Waals surface area contributed by atoms with Crippen LogP contribution in [0.2, 0.25) is 0 Å². The quantitative estimate of drug-likeness (QED) is 0.715. The summed E-state index contributed by atoms with van der Waals surface area (Å²) in [6.45, 7) is 8.31. The van der Waals surface area contributed by atoms with Crippen molar-refractivity contribution >= 4 is 30.1 Å². The van der Waals surface area contributed by atoms with E-state index < -0.39 is 0 Å². The Hall–Kier alpha value is -2.41. The predicted octanol–water partition coefficient (Wildman–Crippen LogP) is 4.11. The van der Waals surface area contributed by atoms with Crippen LogP contribution in [0.15, 0.2) is 36.5 Å². The summed E-state index contributed by atoms with van der Waals surface area (Å²) in [5, 5.41) is 3.52. The minimum atomic E-state index is 0. The molecule has 6 nitrogen and oxygen atoms in total. The van der Waals surface area contributed by atoms with Crippen molar-refractivity contribution in [3.8, 4) is 11.1 Å². The first kappa shape index (κ1) is 23.7. The van der Waals surface area contributed by atoms with Crippen LogP contribution in [0.3, 0.4) is 0 Å². The van der Waals surface area contributed by atoms with Crippen LogP contribution in [0.25, 0.3) is 17.2 Å². The second kappa shape index (κ2) is 10.7. The lowest BCUT2D eigenvalue weighted by Gasteiger charge is -2.40. The third kappa shape index (κ3) is 4.93. The second-order valence-corrected chi connectivity index (χ2v) is 8.79. The minimum Gasteiger partial charge on any atom is -0.384 e. The van der Waals surface area contributed by atoms with Crippen LogP contribution in [0.1, 0.15) is 41.4 Å². The first-order valence-electron chi connectivity index (χ1n) is 11.9. The molecule has 33 heavy (non-hydrogen) atoms. The number of rotatable bonds is 5. The monoisotopic (exact) mass is 468 g/mol. The Labute approximate surface area is 202 Å². The number of allylic oxidation sites excluding steroid dienone is 1. The normalized spacial score (nSPS) is 18.6. The summed E-state index contributed by atoms with van der Waals surface area (Å²) in [4.78, 5) is 22.3. The van der Waals surface area contributed by atoms with Crippen molar-refractivity contribution in [1.29, 1.82) is 0 Å². The molecule has 5 rings (SSSR count). The van der Waals surface area contributed by atoms with Crippen LogP contribution in [0, 0.1) is 0 Å². The van der Waals surface area contributed by atoms with Crippen molar-refractivity contribution in [2.45, 2.75) is 32.2 Å². The van der Waals surface area contributed by atoms with Gasteiger partial charge in [0.25, 0.3) is 5.91 Å². The Bertz CT molecular complexity index is 994. The van der Waals surface area contributed by atoms with Gasteiger partial charge in [-0.25, -0.2) is 0 Å². The van der Waals surface area contributed by atoms with E-state index in [2.05, 4.69) is 46.4 Å². The maximum Gasteiger partial charge on any atom is 0.253 e. The zero-order valence-corrected chi connectivity index (χ0v) is 20.1. The summed E-state index contributed by atoms with van der Waals surface area (Å²) in [6.07, 6.45) is 9.25. The molecule has 2 aliphatic heterocycles. The van der Waals surface area contributed by atoms with Crippen molar-refractivity contribution in [3.05, 3.63) is 53.4 Å². The summed E-state index contributed by atoms with van der Waals surface area (Å²) in [5.41, 5.74) is 6.37. The van der Waals surface area contributed by atoms with E-state index in [0.29, 0.717) is 6.04 Å². The van der Waals surface area contributed by atoms with Crippen LogP contribution in [0.5, 0.6) is 0 Å². The summed E-state index contributed by atoms with van der Waals surface area (Å²) in [7, 11) is 0. The molecule has 3 aliphatic rings. The molecule has 2 aromatic rings. The molecule has 1 N–H and O–H groups in total. The van der Waals surface area contributed by atoms with Crippen LogP contribution in [-0.4, -0.2) is 72.7 Å². The van der Waals surface area contributed by atoms with E-state index in [-0.39, 0.29) is 18.3 Å². The van der Waals surface area contributed by atoms with Crippen LogP contribution in [0.4, 0.5) is 5.69 Å². The number of carbonyl (C=O) groups excluding carboxylic acids is 1. The van der Waals surface area contributed by atoms with Gasteiger partial charge >= 0.3 is 0 Å². The highest BCUT2D eigenvalue weighted by atomic mass is 35.5. The van der Waals surface area contributed by atoms with Crippen LogP contribution >= 0.6 is 12.4 Å². The molecule has 2 saturated heterocycles. The number of halogens is 1. The van der Waals surface area contributed by atoms with Crippen molar-refractivity contribution in [3.63, 3.8) is 0 Å². The summed E-state index contributed by atoms with van der Waals surface area (Å²) in [5.74, 6) is 0.138. The van der Waals surface area contributed by atoms with Crippen LogP contribution in [-0.2, 0) is 11.2 Å². The lowest BCUT2D eigenvalue weighted by Crippen LogP contribution is -2.50. The SMILES string of the molecule is CCNc1c(-c2ccc(C(=O)N3CCC(N4CCOCC4)CC3)cc2)cnc2c1C=CC2.Cl. The number of ether oxygens (including phenoxy) is 1.